The Kier molecular flexibility index (Phi) is 1.27. The van der Waals surface area contributed by atoms with Crippen LogP contribution < -0.4 is 0 Å². The first kappa shape index (κ1) is 4.60. The van der Waals surface area contributed by atoms with Gasteiger partial charge in [-0.15, -0.1) is 0 Å². The third-order valence-corrected chi connectivity index (χ3v) is 0.715. The maximum atomic E-state index is 5.37. The van der Waals surface area contributed by atoms with Crippen LogP contribution >= 0.6 is 11.6 Å². The number of halogens is 1. The van der Waals surface area contributed by atoms with Crippen molar-refractivity contribution >= 4 is 11.6 Å². The molecule has 0 saturated carbocycles. The largest absolute Gasteiger partial charge is 0.234 e. The number of aromatic nitrogens is 1. The van der Waals surface area contributed by atoms with Crippen molar-refractivity contribution in [2.24, 2.45) is 0 Å². The van der Waals surface area contributed by atoms with Crippen molar-refractivity contribution < 1.29 is 0 Å². The van der Waals surface area contributed by atoms with E-state index in [2.05, 4.69) is 17.2 Å². The van der Waals surface area contributed by atoms with E-state index >= 15 is 0 Å². The van der Waals surface area contributed by atoms with Gasteiger partial charge >= 0.3 is 0 Å². The minimum absolute atomic E-state index is 0.433. The van der Waals surface area contributed by atoms with E-state index < -0.39 is 0 Å². The molecule has 1 aromatic rings. The van der Waals surface area contributed by atoms with Crippen LogP contribution in [0, 0.1) is 12.3 Å². The van der Waals surface area contributed by atoms with E-state index in [1.807, 2.05) is 0 Å². The summed E-state index contributed by atoms with van der Waals surface area (Å²) in [5.74, 6) is 0. The summed E-state index contributed by atoms with van der Waals surface area (Å²) in [5.41, 5.74) is 0. The van der Waals surface area contributed by atoms with Crippen LogP contribution in [-0.4, -0.2) is 4.98 Å². The monoisotopic (exact) mass is 111 g/mol. The molecule has 0 aliphatic heterocycles. The van der Waals surface area contributed by atoms with Gasteiger partial charge in [0.1, 0.15) is 5.15 Å². The lowest BCUT2D eigenvalue weighted by Crippen LogP contribution is -1.67. The van der Waals surface area contributed by atoms with Crippen molar-refractivity contribution in [3.8, 4) is 0 Å². The summed E-state index contributed by atoms with van der Waals surface area (Å²) in [6.07, 6.45) is 2.52. The Labute approximate surface area is 47.0 Å². The molecule has 0 atom stereocenters. The van der Waals surface area contributed by atoms with Gasteiger partial charge < -0.3 is 0 Å². The molecule has 0 amide bonds. The molecule has 1 nitrogen and oxygen atoms in total. The highest BCUT2D eigenvalue weighted by Crippen LogP contribution is 1.97. The average Bonchev–Trinajstić information content (AvgIpc) is 1.69. The lowest BCUT2D eigenvalue weighted by atomic mass is 10.5. The summed E-state index contributed by atoms with van der Waals surface area (Å²) in [6.45, 7) is 0. The highest BCUT2D eigenvalue weighted by atomic mass is 35.5. The first-order valence-corrected chi connectivity index (χ1v) is 2.17. The highest BCUT2D eigenvalue weighted by molar-refractivity contribution is 6.29. The van der Waals surface area contributed by atoms with Crippen molar-refractivity contribution in [1.29, 1.82) is 0 Å². The summed E-state index contributed by atoms with van der Waals surface area (Å²) in [4.78, 5) is 3.59. The fraction of sp³-hybridized carbons (Fsp3) is 0. The van der Waals surface area contributed by atoms with Crippen LogP contribution in [0.1, 0.15) is 0 Å². The maximum absolute atomic E-state index is 5.37. The molecule has 0 saturated heterocycles. The summed E-state index contributed by atoms with van der Waals surface area (Å²) < 4.78 is 0. The Morgan fingerprint density at radius 3 is 2.86 bits per heavy atom. The van der Waals surface area contributed by atoms with Crippen molar-refractivity contribution in [2.75, 3.05) is 0 Å². The van der Waals surface area contributed by atoms with Gasteiger partial charge in [-0.2, -0.15) is 0 Å². The van der Waals surface area contributed by atoms with Gasteiger partial charge in [0.15, 0.2) is 0 Å². The van der Waals surface area contributed by atoms with Crippen molar-refractivity contribution in [1.82, 2.24) is 4.98 Å². The van der Waals surface area contributed by atoms with Crippen LogP contribution in [0.25, 0.3) is 0 Å². The van der Waals surface area contributed by atoms with E-state index in [4.69, 9.17) is 11.6 Å². The second-order valence-electron chi connectivity index (χ2n) is 1.02. The molecule has 2 radical (unpaired) electrons. The van der Waals surface area contributed by atoms with E-state index in [9.17, 15) is 0 Å². The standard InChI is InChI=1S/C5H2ClN/c6-5-3-1-2-4-7-5/h2-3H. The third-order valence-electron chi connectivity index (χ3n) is 0.522. The van der Waals surface area contributed by atoms with Crippen LogP contribution in [0.15, 0.2) is 12.1 Å². The molecule has 0 spiro atoms. The predicted octanol–water partition coefficient (Wildman–Crippen LogP) is 1.34. The zero-order valence-corrected chi connectivity index (χ0v) is 4.24. The number of hydrogen-bond acceptors (Lipinski definition) is 1. The van der Waals surface area contributed by atoms with E-state index in [0.717, 1.165) is 0 Å². The fourth-order valence-corrected chi connectivity index (χ4v) is 0.386. The topological polar surface area (TPSA) is 12.9 Å². The van der Waals surface area contributed by atoms with Crippen molar-refractivity contribution in [2.45, 2.75) is 0 Å². The molecule has 0 aliphatic rings. The molecule has 34 valence electrons. The molecule has 0 fully saturated rings. The Morgan fingerprint density at radius 2 is 2.57 bits per heavy atom. The Hall–Kier alpha value is -0.560. The zero-order valence-electron chi connectivity index (χ0n) is 3.48. The zero-order chi connectivity index (χ0) is 5.11. The summed E-state index contributed by atoms with van der Waals surface area (Å²) in [5, 5.41) is 0.433. The second kappa shape index (κ2) is 1.94. The molecule has 1 rings (SSSR count). The molecule has 0 aliphatic carbocycles. The molecular weight excluding hydrogens is 110 g/mol. The van der Waals surface area contributed by atoms with E-state index in [0.29, 0.717) is 5.15 Å². The van der Waals surface area contributed by atoms with Gasteiger partial charge in [0.05, 0.1) is 6.20 Å². The second-order valence-corrected chi connectivity index (χ2v) is 1.41. The number of nitrogens with zero attached hydrogens (tertiary/aromatic N) is 1. The Morgan fingerprint density at radius 1 is 1.71 bits per heavy atom. The van der Waals surface area contributed by atoms with Gasteiger partial charge in [-0.3, -0.25) is 0 Å². The predicted molar refractivity (Wildman–Crippen MR) is 26.9 cm³/mol. The number of rotatable bonds is 0. The first-order valence-electron chi connectivity index (χ1n) is 1.79. The average molecular weight is 112 g/mol. The Balaban J connectivity index is 3.02. The molecule has 1 aromatic heterocycles. The maximum Gasteiger partial charge on any atom is 0.130 e. The molecule has 2 heteroatoms. The first-order chi connectivity index (χ1) is 3.39. The third kappa shape index (κ3) is 1.16. The van der Waals surface area contributed by atoms with Crippen molar-refractivity contribution in [3.63, 3.8) is 0 Å². The van der Waals surface area contributed by atoms with Gasteiger partial charge in [0.2, 0.25) is 0 Å². The molecule has 0 bridgehead atoms. The van der Waals surface area contributed by atoms with Crippen LogP contribution in [0.5, 0.6) is 0 Å². The van der Waals surface area contributed by atoms with Crippen LogP contribution in [0.4, 0.5) is 0 Å². The minimum atomic E-state index is 0.433. The summed E-state index contributed by atoms with van der Waals surface area (Å²) in [7, 11) is 0. The van der Waals surface area contributed by atoms with Gasteiger partial charge in [-0.05, 0) is 18.2 Å². The van der Waals surface area contributed by atoms with Gasteiger partial charge in [0.25, 0.3) is 0 Å². The Bertz CT molecular complexity index is 138. The summed E-state index contributed by atoms with van der Waals surface area (Å²) in [6, 6.07) is 5.87. The van der Waals surface area contributed by atoms with E-state index in [-0.39, 0.29) is 0 Å². The van der Waals surface area contributed by atoms with E-state index in [1.165, 1.54) is 0 Å². The molecule has 7 heavy (non-hydrogen) atoms. The van der Waals surface area contributed by atoms with Gasteiger partial charge in [-0.25, -0.2) is 4.98 Å². The lowest BCUT2D eigenvalue weighted by Gasteiger charge is -1.77. The molecule has 1 heterocycles. The van der Waals surface area contributed by atoms with Crippen LogP contribution in [0.3, 0.4) is 0 Å². The molecule has 0 N–H and O–H groups in total. The highest BCUT2D eigenvalue weighted by Gasteiger charge is 1.77. The van der Waals surface area contributed by atoms with E-state index in [1.54, 1.807) is 12.1 Å². The molecule has 0 unspecified atom stereocenters. The molecular formula is C5H2ClN. The smallest absolute Gasteiger partial charge is 0.130 e. The molecule has 0 aromatic carbocycles. The SMILES string of the molecule is Clc1c[c]c[c]n1. The normalized spacial score (nSPS) is 8.71. The number of pyridine rings is 1. The van der Waals surface area contributed by atoms with Crippen molar-refractivity contribution in [3.05, 3.63) is 29.5 Å². The van der Waals surface area contributed by atoms with Gasteiger partial charge in [0, 0.05) is 0 Å². The fourth-order valence-electron chi connectivity index (χ4n) is 0.274. The van der Waals surface area contributed by atoms with Crippen LogP contribution in [0.2, 0.25) is 5.15 Å². The number of hydrogen-bond donors (Lipinski definition) is 0. The summed E-state index contributed by atoms with van der Waals surface area (Å²) >= 11 is 5.37. The quantitative estimate of drug-likeness (QED) is 0.461. The minimum Gasteiger partial charge on any atom is -0.234 e. The lowest BCUT2D eigenvalue weighted by molar-refractivity contribution is 1.31. The van der Waals surface area contributed by atoms with Crippen LogP contribution in [-0.2, 0) is 0 Å². The van der Waals surface area contributed by atoms with Gasteiger partial charge in [-0.1, -0.05) is 11.6 Å².